The van der Waals surface area contributed by atoms with Gasteiger partial charge in [0.2, 0.25) is 11.9 Å². The Bertz CT molecular complexity index is 341. The van der Waals surface area contributed by atoms with Crippen molar-refractivity contribution in [1.29, 1.82) is 0 Å². The van der Waals surface area contributed by atoms with E-state index in [1.807, 2.05) is 4.90 Å². The van der Waals surface area contributed by atoms with Crippen molar-refractivity contribution in [2.45, 2.75) is 25.8 Å². The Hall–Kier alpha value is -1.52. The van der Waals surface area contributed by atoms with Crippen molar-refractivity contribution in [3.05, 3.63) is 12.4 Å². The molecule has 2 heterocycles. The standard InChI is InChI=1S/C10H16N4O/c11-10-12-4-7-14(10)8-9(15)13-5-2-1-3-6-13/h4,7H,1-3,5-6,8H2,(H2,11,12). The summed E-state index contributed by atoms with van der Waals surface area (Å²) in [4.78, 5) is 17.6. The highest BCUT2D eigenvalue weighted by molar-refractivity contribution is 5.76. The fraction of sp³-hybridized carbons (Fsp3) is 0.600. The van der Waals surface area contributed by atoms with Gasteiger partial charge in [-0.15, -0.1) is 0 Å². The molecule has 0 bridgehead atoms. The highest BCUT2D eigenvalue weighted by Gasteiger charge is 2.16. The molecule has 5 heteroatoms. The van der Waals surface area contributed by atoms with Crippen molar-refractivity contribution >= 4 is 11.9 Å². The minimum absolute atomic E-state index is 0.138. The van der Waals surface area contributed by atoms with Gasteiger partial charge < -0.3 is 15.2 Å². The van der Waals surface area contributed by atoms with Gasteiger partial charge in [0.1, 0.15) is 6.54 Å². The number of piperidine rings is 1. The first kappa shape index (κ1) is 10.0. The smallest absolute Gasteiger partial charge is 0.242 e. The van der Waals surface area contributed by atoms with Gasteiger partial charge in [0.05, 0.1) is 0 Å². The first-order valence-electron chi connectivity index (χ1n) is 5.32. The van der Waals surface area contributed by atoms with Crippen LogP contribution in [0.3, 0.4) is 0 Å². The second-order valence-corrected chi connectivity index (χ2v) is 3.85. The van der Waals surface area contributed by atoms with Crippen LogP contribution in [0.4, 0.5) is 5.95 Å². The molecule has 1 aliphatic rings. The number of rotatable bonds is 2. The number of carbonyl (C=O) groups is 1. The van der Waals surface area contributed by atoms with Crippen LogP contribution in [-0.2, 0) is 11.3 Å². The van der Waals surface area contributed by atoms with E-state index in [4.69, 9.17) is 5.73 Å². The van der Waals surface area contributed by atoms with Gasteiger partial charge in [0.15, 0.2) is 0 Å². The molecule has 15 heavy (non-hydrogen) atoms. The number of hydrogen-bond acceptors (Lipinski definition) is 3. The van der Waals surface area contributed by atoms with Crippen molar-refractivity contribution in [1.82, 2.24) is 14.5 Å². The minimum atomic E-state index is 0.138. The number of imidazole rings is 1. The van der Waals surface area contributed by atoms with Crippen molar-refractivity contribution in [2.75, 3.05) is 18.8 Å². The van der Waals surface area contributed by atoms with Gasteiger partial charge in [-0.1, -0.05) is 0 Å². The number of likely N-dealkylation sites (tertiary alicyclic amines) is 1. The molecule has 0 atom stereocenters. The Morgan fingerprint density at radius 1 is 1.40 bits per heavy atom. The second-order valence-electron chi connectivity index (χ2n) is 3.85. The number of hydrogen-bond donors (Lipinski definition) is 1. The molecule has 0 spiro atoms. The maximum Gasteiger partial charge on any atom is 0.242 e. The summed E-state index contributed by atoms with van der Waals surface area (Å²) >= 11 is 0. The zero-order valence-corrected chi connectivity index (χ0v) is 8.72. The number of nitrogens with zero attached hydrogens (tertiary/aromatic N) is 3. The molecular formula is C10H16N4O. The number of nitrogens with two attached hydrogens (primary N) is 1. The van der Waals surface area contributed by atoms with Gasteiger partial charge >= 0.3 is 0 Å². The number of nitrogen functional groups attached to an aromatic ring is 1. The van der Waals surface area contributed by atoms with Gasteiger partial charge in [0, 0.05) is 25.5 Å². The lowest BCUT2D eigenvalue weighted by atomic mass is 10.1. The van der Waals surface area contributed by atoms with Crippen LogP contribution >= 0.6 is 0 Å². The van der Waals surface area contributed by atoms with Crippen LogP contribution in [0.15, 0.2) is 12.4 Å². The molecule has 1 aliphatic heterocycles. The second kappa shape index (κ2) is 4.33. The lowest BCUT2D eigenvalue weighted by Gasteiger charge is -2.26. The zero-order valence-electron chi connectivity index (χ0n) is 8.72. The Balaban J connectivity index is 1.94. The van der Waals surface area contributed by atoms with E-state index in [1.54, 1.807) is 17.0 Å². The van der Waals surface area contributed by atoms with Gasteiger partial charge in [-0.2, -0.15) is 0 Å². The third-order valence-corrected chi connectivity index (χ3v) is 2.76. The van der Waals surface area contributed by atoms with Gasteiger partial charge in [0.25, 0.3) is 0 Å². The molecule has 5 nitrogen and oxygen atoms in total. The fourth-order valence-electron chi connectivity index (χ4n) is 1.86. The van der Waals surface area contributed by atoms with Crippen LogP contribution in [0.2, 0.25) is 0 Å². The normalized spacial score (nSPS) is 16.7. The predicted octanol–water partition coefficient (Wildman–Crippen LogP) is 0.478. The molecule has 82 valence electrons. The van der Waals surface area contributed by atoms with E-state index < -0.39 is 0 Å². The molecule has 1 aromatic rings. The van der Waals surface area contributed by atoms with Gasteiger partial charge in [-0.3, -0.25) is 4.79 Å². The van der Waals surface area contributed by atoms with E-state index in [-0.39, 0.29) is 5.91 Å². The summed E-state index contributed by atoms with van der Waals surface area (Å²) in [5.74, 6) is 0.541. The third kappa shape index (κ3) is 2.29. The van der Waals surface area contributed by atoms with E-state index in [1.165, 1.54) is 6.42 Å². The van der Waals surface area contributed by atoms with Crippen LogP contribution < -0.4 is 5.73 Å². The van der Waals surface area contributed by atoms with Crippen LogP contribution in [-0.4, -0.2) is 33.4 Å². The lowest BCUT2D eigenvalue weighted by molar-refractivity contribution is -0.132. The Labute approximate surface area is 88.9 Å². The van der Waals surface area contributed by atoms with E-state index in [0.717, 1.165) is 25.9 Å². The molecule has 2 rings (SSSR count). The lowest BCUT2D eigenvalue weighted by Crippen LogP contribution is -2.37. The molecule has 0 radical (unpaired) electrons. The van der Waals surface area contributed by atoms with E-state index in [9.17, 15) is 4.79 Å². The van der Waals surface area contributed by atoms with Gasteiger partial charge in [-0.05, 0) is 19.3 Å². The summed E-state index contributed by atoms with van der Waals surface area (Å²) in [5.41, 5.74) is 5.60. The Kier molecular flexibility index (Phi) is 2.89. The van der Waals surface area contributed by atoms with E-state index in [0.29, 0.717) is 12.5 Å². The van der Waals surface area contributed by atoms with Crippen LogP contribution in [0.5, 0.6) is 0 Å². The van der Waals surface area contributed by atoms with E-state index in [2.05, 4.69) is 4.98 Å². The summed E-state index contributed by atoms with van der Waals surface area (Å²) in [6.07, 6.45) is 6.81. The topological polar surface area (TPSA) is 64.1 Å². The Morgan fingerprint density at radius 2 is 2.13 bits per heavy atom. The molecular weight excluding hydrogens is 192 g/mol. The molecule has 2 N–H and O–H groups in total. The van der Waals surface area contributed by atoms with Gasteiger partial charge in [-0.25, -0.2) is 4.98 Å². The monoisotopic (exact) mass is 208 g/mol. The predicted molar refractivity (Wildman–Crippen MR) is 57.1 cm³/mol. The fourth-order valence-corrected chi connectivity index (χ4v) is 1.86. The van der Waals surface area contributed by atoms with Crippen LogP contribution in [0.25, 0.3) is 0 Å². The molecule has 0 unspecified atom stereocenters. The molecule has 1 saturated heterocycles. The van der Waals surface area contributed by atoms with Crippen LogP contribution in [0.1, 0.15) is 19.3 Å². The molecule has 0 saturated carbocycles. The van der Waals surface area contributed by atoms with Crippen molar-refractivity contribution in [3.63, 3.8) is 0 Å². The quantitative estimate of drug-likeness (QED) is 0.768. The van der Waals surface area contributed by atoms with Crippen molar-refractivity contribution in [2.24, 2.45) is 0 Å². The highest BCUT2D eigenvalue weighted by Crippen LogP contribution is 2.10. The summed E-state index contributed by atoms with van der Waals surface area (Å²) < 4.78 is 1.68. The van der Waals surface area contributed by atoms with Crippen LogP contribution in [0, 0.1) is 0 Å². The first-order valence-corrected chi connectivity index (χ1v) is 5.32. The maximum atomic E-state index is 11.8. The SMILES string of the molecule is Nc1nccn1CC(=O)N1CCCCC1. The number of anilines is 1. The average molecular weight is 208 g/mol. The summed E-state index contributed by atoms with van der Waals surface area (Å²) in [6.45, 7) is 2.08. The van der Waals surface area contributed by atoms with Crippen molar-refractivity contribution < 1.29 is 4.79 Å². The largest absolute Gasteiger partial charge is 0.369 e. The van der Waals surface area contributed by atoms with Crippen molar-refractivity contribution in [3.8, 4) is 0 Å². The first-order chi connectivity index (χ1) is 7.27. The number of amides is 1. The Morgan fingerprint density at radius 3 is 2.73 bits per heavy atom. The summed E-state index contributed by atoms with van der Waals surface area (Å²) in [7, 11) is 0. The third-order valence-electron chi connectivity index (χ3n) is 2.76. The minimum Gasteiger partial charge on any atom is -0.369 e. The number of aromatic nitrogens is 2. The van der Waals surface area contributed by atoms with E-state index >= 15 is 0 Å². The summed E-state index contributed by atoms with van der Waals surface area (Å²) in [5, 5.41) is 0. The molecule has 0 aromatic carbocycles. The molecule has 1 amide bonds. The number of carbonyl (C=O) groups excluding carboxylic acids is 1. The average Bonchev–Trinajstić information content (AvgIpc) is 2.66. The maximum absolute atomic E-state index is 11.8. The molecule has 1 fully saturated rings. The summed E-state index contributed by atoms with van der Waals surface area (Å²) in [6, 6.07) is 0. The highest BCUT2D eigenvalue weighted by atomic mass is 16.2. The zero-order chi connectivity index (χ0) is 10.7. The molecule has 0 aliphatic carbocycles. The molecule has 1 aromatic heterocycles.